The number of hydrogen-bond donors (Lipinski definition) is 0. The van der Waals surface area contributed by atoms with Gasteiger partial charge in [-0.3, -0.25) is 9.59 Å². The molecule has 0 saturated heterocycles. The van der Waals surface area contributed by atoms with Gasteiger partial charge in [0.1, 0.15) is 0 Å². The summed E-state index contributed by atoms with van der Waals surface area (Å²) in [6, 6.07) is 85.7. The van der Waals surface area contributed by atoms with Gasteiger partial charge in [0, 0.05) is 97.3 Å². The monoisotopic (exact) mass is 967 g/mol. The number of para-hydroxylation sites is 6. The van der Waals surface area contributed by atoms with E-state index in [0.29, 0.717) is 10.8 Å². The van der Waals surface area contributed by atoms with Crippen LogP contribution < -0.4 is 20.7 Å². The summed E-state index contributed by atoms with van der Waals surface area (Å²) in [6.45, 7) is 4.44. The molecular formula is C68H49N5O2. The Hall–Kier alpha value is -9.98. The maximum Gasteiger partial charge on any atom is 0.189 e. The number of benzene rings is 10. The molecule has 0 N–H and O–H groups in total. The van der Waals surface area contributed by atoms with Crippen LogP contribution in [0.2, 0.25) is 0 Å². The average Bonchev–Trinajstić information content (AvgIpc) is 3.80. The summed E-state index contributed by atoms with van der Waals surface area (Å²) >= 11 is 0. The molecule has 13 aromatic rings. The fraction of sp³-hybridized carbons (Fsp3) is 0.0294. The molecule has 7 heteroatoms. The minimum atomic E-state index is -0.0290. The fourth-order valence-corrected chi connectivity index (χ4v) is 11.0. The molecular weight excluding hydrogens is 919 g/mol. The van der Waals surface area contributed by atoms with Crippen LogP contribution in [-0.4, -0.2) is 13.7 Å². The lowest BCUT2D eigenvalue weighted by atomic mass is 9.94. The first kappa shape index (κ1) is 44.9. The van der Waals surface area contributed by atoms with E-state index in [1.807, 2.05) is 60.9 Å². The number of hydrogen-bond acceptors (Lipinski definition) is 4. The van der Waals surface area contributed by atoms with Gasteiger partial charge in [0.2, 0.25) is 0 Å². The highest BCUT2D eigenvalue weighted by Crippen LogP contribution is 2.44. The van der Waals surface area contributed by atoms with Crippen LogP contribution in [-0.2, 0) is 0 Å². The molecule has 75 heavy (non-hydrogen) atoms. The van der Waals surface area contributed by atoms with Gasteiger partial charge in [-0.05, 0) is 170 Å². The number of aromatic nitrogens is 3. The molecule has 0 amide bonds. The molecule has 0 aliphatic heterocycles. The van der Waals surface area contributed by atoms with Crippen molar-refractivity contribution in [1.29, 1.82) is 0 Å². The zero-order chi connectivity index (χ0) is 50.6. The molecule has 0 radical (unpaired) electrons. The van der Waals surface area contributed by atoms with Crippen molar-refractivity contribution in [2.75, 3.05) is 9.80 Å². The standard InChI is InChI=1S/C68H49N5O2/c1-46-47(2)62(36-33-57(46)48-41-55(69-39-37-67(74)58-27-15-17-29-63(58)69)43-56(42-48)70-40-38-68(75)59-28-16-18-30-64(59)70)73-65-34-31-53(71(49-19-7-3-8-20-49)50-21-9-4-10-22-50)44-60(65)61-45-54(32-35-66(61)73)72(51-23-11-5-12-24-51)52-25-13-6-14-26-52/h3-45H,1-2H3. The van der Waals surface area contributed by atoms with Crippen LogP contribution in [0.5, 0.6) is 0 Å². The number of pyridine rings is 2. The lowest BCUT2D eigenvalue weighted by Crippen LogP contribution is -2.09. The van der Waals surface area contributed by atoms with Crippen molar-refractivity contribution in [1.82, 2.24) is 13.7 Å². The average molecular weight is 968 g/mol. The van der Waals surface area contributed by atoms with Crippen LogP contribution in [0.4, 0.5) is 34.1 Å². The summed E-state index contributed by atoms with van der Waals surface area (Å²) in [5, 5.41) is 3.54. The van der Waals surface area contributed by atoms with E-state index in [1.54, 1.807) is 12.1 Å². The molecule has 0 unspecified atom stereocenters. The van der Waals surface area contributed by atoms with Gasteiger partial charge < -0.3 is 23.5 Å². The van der Waals surface area contributed by atoms with Gasteiger partial charge in [-0.25, -0.2) is 0 Å². The second-order valence-electron chi connectivity index (χ2n) is 19.0. The predicted molar refractivity (Wildman–Crippen MR) is 311 cm³/mol. The second kappa shape index (κ2) is 18.6. The van der Waals surface area contributed by atoms with Gasteiger partial charge in [0.25, 0.3) is 0 Å². The van der Waals surface area contributed by atoms with Crippen LogP contribution in [0.25, 0.3) is 71.8 Å². The van der Waals surface area contributed by atoms with E-state index < -0.39 is 0 Å². The van der Waals surface area contributed by atoms with Crippen LogP contribution in [0.3, 0.4) is 0 Å². The van der Waals surface area contributed by atoms with E-state index in [1.165, 1.54) is 0 Å². The minimum Gasteiger partial charge on any atom is -0.316 e. The predicted octanol–water partition coefficient (Wildman–Crippen LogP) is 16.6. The van der Waals surface area contributed by atoms with Crippen molar-refractivity contribution in [3.05, 3.63) is 293 Å². The SMILES string of the molecule is Cc1c(-c2cc(-n3ccc(=O)c4ccccc43)cc(-n3ccc(=O)c4ccccc43)c2)ccc(-n2c3ccc(N(c4ccccc4)c4ccccc4)cc3c3cc(N(c4ccccc4)c4ccccc4)ccc32)c1C. The molecule has 13 rings (SSSR count). The second-order valence-corrected chi connectivity index (χ2v) is 19.0. The first-order chi connectivity index (χ1) is 36.9. The number of fused-ring (bicyclic) bond motifs is 5. The Morgan fingerprint density at radius 2 is 0.720 bits per heavy atom. The van der Waals surface area contributed by atoms with Crippen molar-refractivity contribution in [3.8, 4) is 28.2 Å². The third-order valence-corrected chi connectivity index (χ3v) is 14.7. The zero-order valence-corrected chi connectivity index (χ0v) is 41.4. The Labute approximate surface area is 433 Å². The van der Waals surface area contributed by atoms with E-state index >= 15 is 0 Å². The Morgan fingerprint density at radius 3 is 1.15 bits per heavy atom. The Balaban J connectivity index is 1.03. The molecule has 358 valence electrons. The van der Waals surface area contributed by atoms with Crippen molar-refractivity contribution < 1.29 is 0 Å². The van der Waals surface area contributed by atoms with E-state index in [4.69, 9.17) is 0 Å². The minimum absolute atomic E-state index is 0.0290. The highest BCUT2D eigenvalue weighted by Gasteiger charge is 2.22. The fourth-order valence-electron chi connectivity index (χ4n) is 11.0. The first-order valence-corrected chi connectivity index (χ1v) is 25.2. The number of nitrogens with zero attached hydrogens (tertiary/aromatic N) is 5. The molecule has 0 aliphatic carbocycles. The molecule has 0 fully saturated rings. The van der Waals surface area contributed by atoms with Gasteiger partial charge >= 0.3 is 0 Å². The Morgan fingerprint density at radius 1 is 0.320 bits per heavy atom. The molecule has 10 aromatic carbocycles. The number of anilines is 6. The molecule has 0 saturated carbocycles. The number of rotatable bonds is 10. The van der Waals surface area contributed by atoms with E-state index in [-0.39, 0.29) is 10.9 Å². The topological polar surface area (TPSA) is 55.4 Å². The first-order valence-electron chi connectivity index (χ1n) is 25.2. The Kier molecular flexibility index (Phi) is 11.1. The van der Waals surface area contributed by atoms with Gasteiger partial charge in [-0.2, -0.15) is 0 Å². The van der Waals surface area contributed by atoms with Gasteiger partial charge in [0.15, 0.2) is 10.9 Å². The summed E-state index contributed by atoms with van der Waals surface area (Å²) in [6.07, 6.45) is 3.71. The molecule has 0 bridgehead atoms. The lowest BCUT2D eigenvalue weighted by molar-refractivity contribution is 1.06. The van der Waals surface area contributed by atoms with Gasteiger partial charge in [-0.15, -0.1) is 0 Å². The van der Waals surface area contributed by atoms with Crippen molar-refractivity contribution >= 4 is 77.7 Å². The van der Waals surface area contributed by atoms with E-state index in [9.17, 15) is 9.59 Å². The summed E-state index contributed by atoms with van der Waals surface area (Å²) in [7, 11) is 0. The van der Waals surface area contributed by atoms with Crippen LogP contribution in [0.1, 0.15) is 11.1 Å². The summed E-state index contributed by atoms with van der Waals surface area (Å²) in [5.41, 5.74) is 17.3. The van der Waals surface area contributed by atoms with E-state index in [0.717, 1.165) is 106 Å². The van der Waals surface area contributed by atoms with Crippen LogP contribution in [0, 0.1) is 13.8 Å². The quantitative estimate of drug-likeness (QED) is 0.137. The Bertz CT molecular complexity index is 4100. The van der Waals surface area contributed by atoms with Gasteiger partial charge in [0.05, 0.1) is 22.1 Å². The maximum absolute atomic E-state index is 13.2. The van der Waals surface area contributed by atoms with Crippen molar-refractivity contribution in [2.24, 2.45) is 0 Å². The smallest absolute Gasteiger partial charge is 0.189 e. The van der Waals surface area contributed by atoms with Crippen LogP contribution >= 0.6 is 0 Å². The third kappa shape index (κ3) is 7.86. The lowest BCUT2D eigenvalue weighted by Gasteiger charge is -2.26. The zero-order valence-electron chi connectivity index (χ0n) is 41.4. The molecule has 0 aliphatic rings. The van der Waals surface area contributed by atoms with Crippen molar-refractivity contribution in [2.45, 2.75) is 13.8 Å². The third-order valence-electron chi connectivity index (χ3n) is 14.7. The van der Waals surface area contributed by atoms with Crippen LogP contribution in [0.15, 0.2) is 271 Å². The highest BCUT2D eigenvalue weighted by molar-refractivity contribution is 6.12. The van der Waals surface area contributed by atoms with E-state index in [2.05, 4.69) is 225 Å². The van der Waals surface area contributed by atoms with Gasteiger partial charge in [-0.1, -0.05) is 103 Å². The summed E-state index contributed by atoms with van der Waals surface area (Å²) < 4.78 is 6.59. The molecule has 0 spiro atoms. The molecule has 3 aromatic heterocycles. The largest absolute Gasteiger partial charge is 0.316 e. The summed E-state index contributed by atoms with van der Waals surface area (Å²) in [4.78, 5) is 31.0. The normalized spacial score (nSPS) is 11.4. The highest BCUT2D eigenvalue weighted by atomic mass is 16.1. The maximum atomic E-state index is 13.2. The summed E-state index contributed by atoms with van der Waals surface area (Å²) in [5.74, 6) is 0. The molecule has 0 atom stereocenters. The molecule has 3 heterocycles. The molecule has 7 nitrogen and oxygen atoms in total. The van der Waals surface area contributed by atoms with Crippen molar-refractivity contribution in [3.63, 3.8) is 0 Å².